The summed E-state index contributed by atoms with van der Waals surface area (Å²) in [6.07, 6.45) is 7.51. The molecule has 5 heteroatoms. The first-order chi connectivity index (χ1) is 9.36. The average molecular weight is 258 g/mol. The van der Waals surface area contributed by atoms with Crippen LogP contribution in [0.3, 0.4) is 0 Å². The summed E-state index contributed by atoms with van der Waals surface area (Å²) in [6.45, 7) is 2.69. The molecule has 19 heavy (non-hydrogen) atoms. The van der Waals surface area contributed by atoms with E-state index < -0.39 is 0 Å². The van der Waals surface area contributed by atoms with Crippen LogP contribution >= 0.6 is 0 Å². The smallest absolute Gasteiger partial charge is 0.225 e. The summed E-state index contributed by atoms with van der Waals surface area (Å²) in [5.74, 6) is 1.34. The van der Waals surface area contributed by atoms with Crippen LogP contribution in [0.25, 0.3) is 11.3 Å². The normalized spacial score (nSPS) is 19.6. The Morgan fingerprint density at radius 3 is 3.16 bits per heavy atom. The number of nitrogens with zero attached hydrogens (tertiary/aromatic N) is 3. The molecule has 1 fully saturated rings. The van der Waals surface area contributed by atoms with Gasteiger partial charge in [0.2, 0.25) is 5.95 Å². The van der Waals surface area contributed by atoms with E-state index in [1.165, 1.54) is 6.42 Å². The van der Waals surface area contributed by atoms with Crippen LogP contribution in [0.4, 0.5) is 5.95 Å². The van der Waals surface area contributed by atoms with E-state index in [0.717, 1.165) is 43.3 Å². The SMILES string of the molecule is NCC1CCCN(c2nccc(-c3ccoc3)n2)C1. The number of nitrogens with two attached hydrogens (primary N) is 1. The average Bonchev–Trinajstić information content (AvgIpc) is 3.02. The van der Waals surface area contributed by atoms with Gasteiger partial charge in [-0.3, -0.25) is 0 Å². The number of anilines is 1. The van der Waals surface area contributed by atoms with E-state index in [9.17, 15) is 0 Å². The predicted octanol–water partition coefficient (Wildman–Crippen LogP) is 1.91. The summed E-state index contributed by atoms with van der Waals surface area (Å²) < 4.78 is 5.10. The van der Waals surface area contributed by atoms with Crippen molar-refractivity contribution in [2.24, 2.45) is 11.7 Å². The molecule has 1 aliphatic heterocycles. The number of hydrogen-bond donors (Lipinski definition) is 1. The summed E-state index contributed by atoms with van der Waals surface area (Å²) in [4.78, 5) is 11.2. The Hall–Kier alpha value is -1.88. The Kier molecular flexibility index (Phi) is 3.46. The van der Waals surface area contributed by atoms with Gasteiger partial charge in [-0.15, -0.1) is 0 Å². The van der Waals surface area contributed by atoms with Crippen molar-refractivity contribution in [1.82, 2.24) is 9.97 Å². The van der Waals surface area contributed by atoms with Gasteiger partial charge in [-0.25, -0.2) is 9.97 Å². The van der Waals surface area contributed by atoms with Crippen molar-refractivity contribution in [1.29, 1.82) is 0 Å². The number of furan rings is 1. The molecule has 0 aromatic carbocycles. The first-order valence-electron chi connectivity index (χ1n) is 6.67. The number of aromatic nitrogens is 2. The predicted molar refractivity (Wildman–Crippen MR) is 73.7 cm³/mol. The topological polar surface area (TPSA) is 68.2 Å². The highest BCUT2D eigenvalue weighted by atomic mass is 16.3. The minimum Gasteiger partial charge on any atom is -0.472 e. The highest BCUT2D eigenvalue weighted by molar-refractivity contribution is 5.58. The fourth-order valence-electron chi connectivity index (χ4n) is 2.51. The third kappa shape index (κ3) is 2.61. The van der Waals surface area contributed by atoms with Crippen molar-refractivity contribution in [3.63, 3.8) is 0 Å². The lowest BCUT2D eigenvalue weighted by molar-refractivity contribution is 0.419. The van der Waals surface area contributed by atoms with Gasteiger partial charge < -0.3 is 15.1 Å². The summed E-state index contributed by atoms with van der Waals surface area (Å²) >= 11 is 0. The van der Waals surface area contributed by atoms with Crippen LogP contribution in [0.15, 0.2) is 35.3 Å². The van der Waals surface area contributed by atoms with Gasteiger partial charge in [0.05, 0.1) is 18.2 Å². The van der Waals surface area contributed by atoms with E-state index in [0.29, 0.717) is 5.92 Å². The van der Waals surface area contributed by atoms with Crippen molar-refractivity contribution in [2.75, 3.05) is 24.5 Å². The minimum absolute atomic E-state index is 0.551. The first-order valence-corrected chi connectivity index (χ1v) is 6.67. The molecule has 0 spiro atoms. The molecule has 1 aliphatic rings. The van der Waals surface area contributed by atoms with Gasteiger partial charge in [0.25, 0.3) is 0 Å². The standard InChI is InChI=1S/C14H18N4O/c15-8-11-2-1-6-18(9-11)14-16-5-3-13(17-14)12-4-7-19-10-12/h3-5,7,10-11H,1-2,6,8-9,15H2. The van der Waals surface area contributed by atoms with Gasteiger partial charge in [0, 0.05) is 24.8 Å². The zero-order valence-corrected chi connectivity index (χ0v) is 10.8. The maximum atomic E-state index is 5.77. The summed E-state index contributed by atoms with van der Waals surface area (Å²) in [5.41, 5.74) is 7.65. The Morgan fingerprint density at radius 2 is 2.37 bits per heavy atom. The van der Waals surface area contributed by atoms with Crippen LogP contribution in [0.2, 0.25) is 0 Å². The third-order valence-electron chi connectivity index (χ3n) is 3.59. The van der Waals surface area contributed by atoms with Gasteiger partial charge in [-0.2, -0.15) is 0 Å². The lowest BCUT2D eigenvalue weighted by atomic mass is 9.99. The first kappa shape index (κ1) is 12.2. The molecule has 0 amide bonds. The highest BCUT2D eigenvalue weighted by Gasteiger charge is 2.20. The van der Waals surface area contributed by atoms with Crippen molar-refractivity contribution in [3.05, 3.63) is 30.9 Å². The van der Waals surface area contributed by atoms with Crippen LogP contribution in [0, 0.1) is 5.92 Å². The largest absolute Gasteiger partial charge is 0.472 e. The van der Waals surface area contributed by atoms with E-state index in [-0.39, 0.29) is 0 Å². The molecule has 100 valence electrons. The van der Waals surface area contributed by atoms with Crippen LogP contribution in [0.1, 0.15) is 12.8 Å². The van der Waals surface area contributed by atoms with E-state index in [1.54, 1.807) is 18.7 Å². The van der Waals surface area contributed by atoms with Crippen LogP contribution < -0.4 is 10.6 Å². The van der Waals surface area contributed by atoms with Crippen molar-refractivity contribution in [2.45, 2.75) is 12.8 Å². The van der Waals surface area contributed by atoms with Gasteiger partial charge >= 0.3 is 0 Å². The molecule has 2 aromatic rings. The van der Waals surface area contributed by atoms with Crippen molar-refractivity contribution >= 4 is 5.95 Å². The molecule has 0 bridgehead atoms. The quantitative estimate of drug-likeness (QED) is 0.910. The summed E-state index contributed by atoms with van der Waals surface area (Å²) in [7, 11) is 0. The van der Waals surface area contributed by atoms with Gasteiger partial charge in [0.15, 0.2) is 0 Å². The van der Waals surface area contributed by atoms with E-state index in [1.807, 2.05) is 12.1 Å². The Balaban J connectivity index is 1.83. The molecule has 1 saturated heterocycles. The maximum absolute atomic E-state index is 5.77. The maximum Gasteiger partial charge on any atom is 0.225 e. The van der Waals surface area contributed by atoms with Crippen LogP contribution in [0.5, 0.6) is 0 Å². The molecule has 1 unspecified atom stereocenters. The minimum atomic E-state index is 0.551. The zero-order chi connectivity index (χ0) is 13.1. The number of hydrogen-bond acceptors (Lipinski definition) is 5. The van der Waals surface area contributed by atoms with E-state index in [4.69, 9.17) is 10.2 Å². The van der Waals surface area contributed by atoms with Gasteiger partial charge in [0.1, 0.15) is 0 Å². The van der Waals surface area contributed by atoms with Crippen molar-refractivity contribution in [3.8, 4) is 11.3 Å². The van der Waals surface area contributed by atoms with E-state index in [2.05, 4.69) is 14.9 Å². The Labute approximate surface area is 112 Å². The highest BCUT2D eigenvalue weighted by Crippen LogP contribution is 2.22. The second-order valence-corrected chi connectivity index (χ2v) is 4.94. The lowest BCUT2D eigenvalue weighted by Gasteiger charge is -2.32. The number of rotatable bonds is 3. The molecular formula is C14H18N4O. The zero-order valence-electron chi connectivity index (χ0n) is 10.8. The fourth-order valence-corrected chi connectivity index (χ4v) is 2.51. The Morgan fingerprint density at radius 1 is 1.42 bits per heavy atom. The molecule has 0 aliphatic carbocycles. The second-order valence-electron chi connectivity index (χ2n) is 4.94. The number of piperidine rings is 1. The van der Waals surface area contributed by atoms with E-state index >= 15 is 0 Å². The third-order valence-corrected chi connectivity index (χ3v) is 3.59. The molecule has 0 radical (unpaired) electrons. The lowest BCUT2D eigenvalue weighted by Crippen LogP contribution is -2.39. The van der Waals surface area contributed by atoms with Gasteiger partial charge in [-0.1, -0.05) is 0 Å². The molecule has 0 saturated carbocycles. The summed E-state index contributed by atoms with van der Waals surface area (Å²) in [5, 5.41) is 0. The van der Waals surface area contributed by atoms with Crippen molar-refractivity contribution < 1.29 is 4.42 Å². The van der Waals surface area contributed by atoms with Gasteiger partial charge in [-0.05, 0) is 37.4 Å². The molecule has 2 aromatic heterocycles. The van der Waals surface area contributed by atoms with Crippen LogP contribution in [-0.2, 0) is 0 Å². The van der Waals surface area contributed by atoms with Crippen LogP contribution in [-0.4, -0.2) is 29.6 Å². The molecule has 1 atom stereocenters. The second kappa shape index (κ2) is 5.40. The summed E-state index contributed by atoms with van der Waals surface area (Å²) in [6, 6.07) is 3.81. The fraction of sp³-hybridized carbons (Fsp3) is 0.429. The molecule has 2 N–H and O–H groups in total. The Bertz CT molecular complexity index is 526. The molecule has 3 rings (SSSR count). The molecular weight excluding hydrogens is 240 g/mol. The monoisotopic (exact) mass is 258 g/mol. The molecule has 3 heterocycles. The molecule has 5 nitrogen and oxygen atoms in total.